The largest absolute Gasteiger partial charge is 0.397 e. The Labute approximate surface area is 89.6 Å². The van der Waals surface area contributed by atoms with Gasteiger partial charge in [-0.05, 0) is 0 Å². The number of nitrogens with two attached hydrogens (primary N) is 1. The Morgan fingerprint density at radius 2 is 2.20 bits per heavy atom. The second-order valence-corrected chi connectivity index (χ2v) is 3.36. The van der Waals surface area contributed by atoms with Crippen LogP contribution < -0.4 is 5.73 Å². The van der Waals surface area contributed by atoms with Gasteiger partial charge in [0.05, 0.1) is 15.6 Å². The van der Waals surface area contributed by atoms with Crippen molar-refractivity contribution >= 4 is 33.9 Å². The maximum absolute atomic E-state index is 10.7. The fourth-order valence-electron chi connectivity index (χ4n) is 1.35. The molecule has 0 aliphatic heterocycles. The minimum atomic E-state index is -0.497. The summed E-state index contributed by atoms with van der Waals surface area (Å²) in [6.07, 6.45) is 1.31. The lowest BCUT2D eigenvalue weighted by Gasteiger charge is -2.03. The van der Waals surface area contributed by atoms with E-state index >= 15 is 0 Å². The fourth-order valence-corrected chi connectivity index (χ4v) is 1.50. The molecule has 5 nitrogen and oxygen atoms in total. The third-order valence-electron chi connectivity index (χ3n) is 2.07. The highest BCUT2D eigenvalue weighted by atomic mass is 35.5. The number of halogens is 1. The molecule has 0 amide bonds. The zero-order valence-corrected chi connectivity index (χ0v) is 8.23. The van der Waals surface area contributed by atoms with Crippen molar-refractivity contribution in [2.24, 2.45) is 0 Å². The Kier molecular flexibility index (Phi) is 2.17. The van der Waals surface area contributed by atoms with E-state index in [-0.39, 0.29) is 11.2 Å². The van der Waals surface area contributed by atoms with Crippen molar-refractivity contribution in [3.63, 3.8) is 0 Å². The van der Waals surface area contributed by atoms with Gasteiger partial charge in [-0.15, -0.1) is 0 Å². The number of non-ortho nitro benzene ring substituents is 1. The summed E-state index contributed by atoms with van der Waals surface area (Å²) in [5, 5.41) is 11.5. The molecular formula is C9H6ClN3O2. The normalized spacial score (nSPS) is 10.5. The molecule has 0 radical (unpaired) electrons. The Hall–Kier alpha value is -1.88. The van der Waals surface area contributed by atoms with Crippen LogP contribution in [0.25, 0.3) is 10.9 Å². The quantitative estimate of drug-likeness (QED) is 0.594. The number of nitro groups is 1. The minimum Gasteiger partial charge on any atom is -0.397 e. The molecule has 2 rings (SSSR count). The molecule has 0 aliphatic rings. The fraction of sp³-hybridized carbons (Fsp3) is 0. The number of hydrogen-bond donors (Lipinski definition) is 1. The Bertz CT molecular complexity index is 556. The van der Waals surface area contributed by atoms with E-state index in [1.54, 1.807) is 12.1 Å². The lowest BCUT2D eigenvalue weighted by Crippen LogP contribution is -1.95. The summed E-state index contributed by atoms with van der Waals surface area (Å²) in [5.74, 6) is 0. The smallest absolute Gasteiger partial charge is 0.295 e. The number of rotatable bonds is 1. The Balaban J connectivity index is 2.89. The summed E-state index contributed by atoms with van der Waals surface area (Å²) in [6, 6.07) is 4.58. The summed E-state index contributed by atoms with van der Waals surface area (Å²) < 4.78 is 0. The highest BCUT2D eigenvalue weighted by Crippen LogP contribution is 2.31. The second kappa shape index (κ2) is 3.36. The summed E-state index contributed by atoms with van der Waals surface area (Å²) in [4.78, 5) is 14.1. The van der Waals surface area contributed by atoms with E-state index in [0.717, 1.165) is 0 Å². The Morgan fingerprint density at radius 1 is 1.47 bits per heavy atom. The average Bonchev–Trinajstić information content (AvgIpc) is 2.23. The number of nitrogen functional groups attached to an aromatic ring is 1. The zero-order valence-electron chi connectivity index (χ0n) is 7.48. The molecule has 0 aliphatic carbocycles. The lowest BCUT2D eigenvalue weighted by atomic mass is 10.1. The van der Waals surface area contributed by atoms with Crippen LogP contribution in [0.15, 0.2) is 24.4 Å². The number of aromatic nitrogens is 1. The van der Waals surface area contributed by atoms with E-state index in [0.29, 0.717) is 16.1 Å². The summed E-state index contributed by atoms with van der Waals surface area (Å²) in [7, 11) is 0. The van der Waals surface area contributed by atoms with Gasteiger partial charge >= 0.3 is 0 Å². The molecule has 76 valence electrons. The van der Waals surface area contributed by atoms with Crippen LogP contribution in [0.1, 0.15) is 0 Å². The first-order valence-corrected chi connectivity index (χ1v) is 4.46. The third kappa shape index (κ3) is 1.46. The highest BCUT2D eigenvalue weighted by molar-refractivity contribution is 6.34. The minimum absolute atomic E-state index is 0.0733. The van der Waals surface area contributed by atoms with Gasteiger partial charge in [0.1, 0.15) is 5.52 Å². The van der Waals surface area contributed by atoms with Gasteiger partial charge < -0.3 is 5.73 Å². The van der Waals surface area contributed by atoms with Crippen LogP contribution in [0.3, 0.4) is 0 Å². The molecule has 6 heteroatoms. The predicted octanol–water partition coefficient (Wildman–Crippen LogP) is 2.38. The maximum Gasteiger partial charge on any atom is 0.295 e. The number of anilines is 1. The van der Waals surface area contributed by atoms with Gasteiger partial charge in [0.15, 0.2) is 0 Å². The lowest BCUT2D eigenvalue weighted by molar-refractivity contribution is -0.383. The highest BCUT2D eigenvalue weighted by Gasteiger charge is 2.14. The first-order chi connectivity index (χ1) is 7.11. The molecule has 0 spiro atoms. The van der Waals surface area contributed by atoms with E-state index in [4.69, 9.17) is 17.3 Å². The van der Waals surface area contributed by atoms with E-state index < -0.39 is 4.92 Å². The van der Waals surface area contributed by atoms with Crippen LogP contribution in [0.5, 0.6) is 0 Å². The zero-order chi connectivity index (χ0) is 11.0. The van der Waals surface area contributed by atoms with Crippen molar-refractivity contribution in [3.05, 3.63) is 39.5 Å². The molecule has 0 bridgehead atoms. The molecule has 2 N–H and O–H groups in total. The number of para-hydroxylation sites is 1. The maximum atomic E-state index is 10.7. The van der Waals surface area contributed by atoms with Gasteiger partial charge in [-0.1, -0.05) is 23.7 Å². The monoisotopic (exact) mass is 223 g/mol. The Morgan fingerprint density at radius 3 is 2.87 bits per heavy atom. The van der Waals surface area contributed by atoms with E-state index in [1.165, 1.54) is 12.3 Å². The number of fused-ring (bicyclic) bond motifs is 1. The predicted molar refractivity (Wildman–Crippen MR) is 57.8 cm³/mol. The van der Waals surface area contributed by atoms with Crippen molar-refractivity contribution in [1.82, 2.24) is 4.98 Å². The van der Waals surface area contributed by atoms with Gasteiger partial charge in [-0.25, -0.2) is 4.98 Å². The molecule has 0 atom stereocenters. The van der Waals surface area contributed by atoms with Crippen molar-refractivity contribution in [2.75, 3.05) is 5.73 Å². The molecule has 2 aromatic rings. The van der Waals surface area contributed by atoms with Crippen LogP contribution in [0, 0.1) is 10.1 Å². The van der Waals surface area contributed by atoms with Gasteiger partial charge in [-0.3, -0.25) is 10.1 Å². The SMILES string of the molecule is Nc1c(Cl)cnc2c([N+](=O)[O-])cccc12. The second-order valence-electron chi connectivity index (χ2n) is 2.95. The summed E-state index contributed by atoms with van der Waals surface area (Å²) >= 11 is 5.76. The van der Waals surface area contributed by atoms with Crippen LogP contribution in [-0.4, -0.2) is 9.91 Å². The molecule has 1 aromatic heterocycles. The van der Waals surface area contributed by atoms with Crippen molar-refractivity contribution in [1.29, 1.82) is 0 Å². The molecule has 0 unspecified atom stereocenters. The van der Waals surface area contributed by atoms with Crippen molar-refractivity contribution in [2.45, 2.75) is 0 Å². The van der Waals surface area contributed by atoms with Gasteiger partial charge in [0.2, 0.25) is 0 Å². The van der Waals surface area contributed by atoms with E-state index in [9.17, 15) is 10.1 Å². The molecule has 0 fully saturated rings. The number of benzene rings is 1. The van der Waals surface area contributed by atoms with Gasteiger partial charge in [-0.2, -0.15) is 0 Å². The molecule has 0 saturated heterocycles. The topological polar surface area (TPSA) is 82.0 Å². The van der Waals surface area contributed by atoms with Gasteiger partial charge in [0.25, 0.3) is 5.69 Å². The van der Waals surface area contributed by atoms with E-state index in [1.807, 2.05) is 0 Å². The van der Waals surface area contributed by atoms with E-state index in [2.05, 4.69) is 4.98 Å². The van der Waals surface area contributed by atoms with Crippen molar-refractivity contribution in [3.8, 4) is 0 Å². The first-order valence-electron chi connectivity index (χ1n) is 4.08. The van der Waals surface area contributed by atoms with Crippen LogP contribution in [0.2, 0.25) is 5.02 Å². The average molecular weight is 224 g/mol. The van der Waals surface area contributed by atoms with Crippen LogP contribution >= 0.6 is 11.6 Å². The number of pyridine rings is 1. The summed E-state index contributed by atoms with van der Waals surface area (Å²) in [5.41, 5.74) is 6.18. The number of nitro benzene ring substituents is 1. The number of hydrogen-bond acceptors (Lipinski definition) is 4. The standard InChI is InChI=1S/C9H6ClN3O2/c10-6-4-12-9-5(8(6)11)2-1-3-7(9)13(14)15/h1-4H,(H2,11,12). The molecular weight excluding hydrogens is 218 g/mol. The third-order valence-corrected chi connectivity index (χ3v) is 2.37. The molecule has 0 saturated carbocycles. The van der Waals surface area contributed by atoms with Crippen LogP contribution in [0.4, 0.5) is 11.4 Å². The van der Waals surface area contributed by atoms with Gasteiger partial charge in [0, 0.05) is 17.6 Å². The molecule has 1 heterocycles. The molecule has 1 aromatic carbocycles. The number of nitrogens with zero attached hydrogens (tertiary/aromatic N) is 2. The first kappa shape index (κ1) is 9.67. The molecule has 15 heavy (non-hydrogen) atoms. The van der Waals surface area contributed by atoms with Crippen LogP contribution in [-0.2, 0) is 0 Å². The summed E-state index contributed by atoms with van der Waals surface area (Å²) in [6.45, 7) is 0. The van der Waals surface area contributed by atoms with Crippen molar-refractivity contribution < 1.29 is 4.92 Å².